The number of hydrogen-bond acceptors (Lipinski definition) is 7. The summed E-state index contributed by atoms with van der Waals surface area (Å²) in [7, 11) is 0. The third kappa shape index (κ3) is 5.14. The lowest BCUT2D eigenvalue weighted by Gasteiger charge is -2.11. The third-order valence-electron chi connectivity index (χ3n) is 11.1. The van der Waals surface area contributed by atoms with E-state index in [0.29, 0.717) is 23.5 Å². The Morgan fingerprint density at radius 3 is 2.32 bits per heavy atom. The second-order valence-electron chi connectivity index (χ2n) is 14.6. The molecule has 2 aliphatic carbocycles. The van der Waals surface area contributed by atoms with Gasteiger partial charge in [0.25, 0.3) is 0 Å². The molecule has 0 aliphatic heterocycles. The molecule has 264 valence electrons. The Balaban J connectivity index is 0.913. The summed E-state index contributed by atoms with van der Waals surface area (Å²) in [5.41, 5.74) is 12.4. The van der Waals surface area contributed by atoms with Crippen LogP contribution in [-0.4, -0.2) is 29.5 Å². The maximum absolute atomic E-state index is 5.52. The lowest BCUT2D eigenvalue weighted by Crippen LogP contribution is -2.05. The molecule has 6 aromatic carbocycles. The van der Waals surface area contributed by atoms with Gasteiger partial charge in [-0.3, -0.25) is 0 Å². The summed E-state index contributed by atoms with van der Waals surface area (Å²) in [6, 6.07) is 46.7. The zero-order valence-electron chi connectivity index (χ0n) is 29.9. The van der Waals surface area contributed by atoms with Gasteiger partial charge in [0.1, 0.15) is 10.5 Å². The highest BCUT2D eigenvalue weighted by Gasteiger charge is 2.41. The van der Waals surface area contributed by atoms with Crippen LogP contribution in [0.4, 0.5) is 0 Å². The maximum Gasteiger partial charge on any atom is 0.181 e. The van der Waals surface area contributed by atoms with Crippen molar-refractivity contribution in [3.63, 3.8) is 0 Å². The molecule has 1 fully saturated rings. The molecular weight excluding hydrogens is 709 g/mol. The van der Waals surface area contributed by atoms with E-state index in [4.69, 9.17) is 24.4 Å². The Hall–Kier alpha value is -7.03. The van der Waals surface area contributed by atoms with E-state index in [1.54, 1.807) is 11.3 Å². The van der Waals surface area contributed by atoms with Crippen molar-refractivity contribution in [2.24, 2.45) is 11.8 Å². The molecule has 0 radical (unpaired) electrons. The lowest BCUT2D eigenvalue weighted by atomic mass is 10.0. The number of fused-ring (bicyclic) bond motifs is 6. The molecule has 0 saturated heterocycles. The molecule has 10 aromatic rings. The van der Waals surface area contributed by atoms with Crippen LogP contribution < -0.4 is 0 Å². The molecule has 56 heavy (non-hydrogen) atoms. The first-order valence-electron chi connectivity index (χ1n) is 18.8. The molecule has 0 amide bonds. The van der Waals surface area contributed by atoms with Gasteiger partial charge < -0.3 is 8.98 Å². The predicted octanol–water partition coefficient (Wildman–Crippen LogP) is 12.0. The molecular formula is C48H30N6OS. The number of rotatable bonds is 6. The zero-order chi connectivity index (χ0) is 36.7. The third-order valence-corrected chi connectivity index (χ3v) is 12.2. The van der Waals surface area contributed by atoms with Gasteiger partial charge in [0.15, 0.2) is 29.4 Å². The molecule has 0 N–H and O–H groups in total. The van der Waals surface area contributed by atoms with Gasteiger partial charge in [-0.05, 0) is 90.0 Å². The molecule has 1 saturated carbocycles. The van der Waals surface area contributed by atoms with E-state index in [2.05, 4.69) is 137 Å². The number of allylic oxidation sites excluding steroid dienone is 4. The van der Waals surface area contributed by atoms with Crippen LogP contribution in [0.3, 0.4) is 0 Å². The van der Waals surface area contributed by atoms with Gasteiger partial charge in [0, 0.05) is 38.7 Å². The molecule has 2 atom stereocenters. The summed E-state index contributed by atoms with van der Waals surface area (Å²) >= 11 is 1.69. The van der Waals surface area contributed by atoms with Gasteiger partial charge in [-0.15, -0.1) is 11.3 Å². The van der Waals surface area contributed by atoms with Gasteiger partial charge in [0.05, 0.1) is 21.3 Å². The Bertz CT molecular complexity index is 3260. The molecule has 0 spiro atoms. The van der Waals surface area contributed by atoms with Crippen LogP contribution in [0.15, 0.2) is 162 Å². The highest BCUT2D eigenvalue weighted by Crippen LogP contribution is 2.50. The molecule has 7 nitrogen and oxygen atoms in total. The second-order valence-corrected chi connectivity index (χ2v) is 15.6. The maximum atomic E-state index is 5.52. The van der Waals surface area contributed by atoms with Gasteiger partial charge >= 0.3 is 0 Å². The number of benzene rings is 6. The summed E-state index contributed by atoms with van der Waals surface area (Å²) in [6.45, 7) is 0. The van der Waals surface area contributed by atoms with Crippen molar-refractivity contribution in [2.75, 3.05) is 0 Å². The fourth-order valence-electron chi connectivity index (χ4n) is 8.24. The van der Waals surface area contributed by atoms with E-state index < -0.39 is 0 Å². The van der Waals surface area contributed by atoms with Crippen molar-refractivity contribution in [3.05, 3.63) is 164 Å². The van der Waals surface area contributed by atoms with E-state index in [-0.39, 0.29) is 0 Å². The molecule has 8 heteroatoms. The number of hydrogen-bond donors (Lipinski definition) is 0. The fourth-order valence-corrected chi connectivity index (χ4v) is 9.24. The minimum atomic E-state index is 0.491. The normalized spacial score (nSPS) is 16.2. The molecule has 12 rings (SSSR count). The standard InChI is InChI=1S/C48H30N6OS/c1-2-8-28(9-3-1)45-51-46(53-47(52-45)36-14-7-11-31-24-37(31)36)32-16-19-39-44(25-32)56-48(50-39)33-12-6-10-29(22-33)30-17-20-42-38(23-30)35-13-4-5-15-41(35)54(42)34-18-21-43-40(26-34)49-27-55-43/h1-23,25-27,31,37H,24H2/t31-,37?/m1/s1. The second kappa shape index (κ2) is 12.2. The van der Waals surface area contributed by atoms with Crippen LogP contribution in [-0.2, 0) is 0 Å². The monoisotopic (exact) mass is 738 g/mol. The SMILES string of the molecule is C1=C[C@@H]2CC2C(c2nc(-c3ccccc3)nc(-c3ccc4nc(-c5cccc(-c6ccc7c(c6)c6ccccc6n7-c6ccc7ocnc7c6)c5)sc4c3)n2)=C1. The van der Waals surface area contributed by atoms with Gasteiger partial charge in [-0.1, -0.05) is 91.0 Å². The fraction of sp³-hybridized carbons (Fsp3) is 0.0625. The van der Waals surface area contributed by atoms with E-state index in [0.717, 1.165) is 83.1 Å². The smallest absolute Gasteiger partial charge is 0.181 e. The number of aromatic nitrogens is 6. The molecule has 0 bridgehead atoms. The largest absolute Gasteiger partial charge is 0.443 e. The van der Waals surface area contributed by atoms with Crippen LogP contribution in [0.2, 0.25) is 0 Å². The first-order valence-corrected chi connectivity index (χ1v) is 19.6. The molecule has 1 unspecified atom stereocenters. The molecule has 4 heterocycles. The van der Waals surface area contributed by atoms with Gasteiger partial charge in [-0.25, -0.2) is 24.9 Å². The highest BCUT2D eigenvalue weighted by molar-refractivity contribution is 7.21. The Morgan fingerprint density at radius 2 is 1.38 bits per heavy atom. The predicted molar refractivity (Wildman–Crippen MR) is 225 cm³/mol. The average Bonchev–Trinajstić information content (AvgIpc) is 3.55. The van der Waals surface area contributed by atoms with Crippen molar-refractivity contribution in [3.8, 4) is 50.2 Å². The van der Waals surface area contributed by atoms with Crippen LogP contribution in [0.5, 0.6) is 0 Å². The van der Waals surface area contributed by atoms with Crippen molar-refractivity contribution in [2.45, 2.75) is 6.42 Å². The highest BCUT2D eigenvalue weighted by atomic mass is 32.1. The summed E-state index contributed by atoms with van der Waals surface area (Å²) in [6.07, 6.45) is 9.26. The van der Waals surface area contributed by atoms with Gasteiger partial charge in [-0.2, -0.15) is 0 Å². The van der Waals surface area contributed by atoms with Crippen LogP contribution in [0, 0.1) is 11.8 Å². The van der Waals surface area contributed by atoms with E-state index in [9.17, 15) is 0 Å². The van der Waals surface area contributed by atoms with Crippen LogP contribution >= 0.6 is 11.3 Å². The Morgan fingerprint density at radius 1 is 0.589 bits per heavy atom. The van der Waals surface area contributed by atoms with Crippen LogP contribution in [0.1, 0.15) is 12.2 Å². The van der Waals surface area contributed by atoms with Crippen molar-refractivity contribution in [1.29, 1.82) is 0 Å². The Kier molecular flexibility index (Phi) is 6.85. The number of thiazole rings is 1. The van der Waals surface area contributed by atoms with E-state index >= 15 is 0 Å². The Labute approximate surface area is 325 Å². The summed E-state index contributed by atoms with van der Waals surface area (Å²) in [4.78, 5) is 24.6. The first kappa shape index (κ1) is 31.3. The van der Waals surface area contributed by atoms with Gasteiger partial charge in [0.2, 0.25) is 0 Å². The summed E-state index contributed by atoms with van der Waals surface area (Å²) < 4.78 is 8.92. The number of para-hydroxylation sites is 1. The zero-order valence-corrected chi connectivity index (χ0v) is 30.7. The van der Waals surface area contributed by atoms with Crippen molar-refractivity contribution >= 4 is 60.0 Å². The first-order chi connectivity index (χ1) is 27.7. The quantitative estimate of drug-likeness (QED) is 0.169. The summed E-state index contributed by atoms with van der Waals surface area (Å²) in [5.74, 6) is 3.22. The minimum absolute atomic E-state index is 0.491. The topological polar surface area (TPSA) is 82.5 Å². The number of oxazole rings is 1. The van der Waals surface area contributed by atoms with Crippen molar-refractivity contribution in [1.82, 2.24) is 29.5 Å². The lowest BCUT2D eigenvalue weighted by molar-refractivity contribution is 0.602. The van der Waals surface area contributed by atoms with E-state index in [1.807, 2.05) is 24.3 Å². The molecule has 4 aromatic heterocycles. The molecule has 2 aliphatic rings. The van der Waals surface area contributed by atoms with Crippen LogP contribution in [0.25, 0.3) is 98.9 Å². The van der Waals surface area contributed by atoms with Crippen molar-refractivity contribution < 1.29 is 4.42 Å². The summed E-state index contributed by atoms with van der Waals surface area (Å²) in [5, 5.41) is 3.37. The minimum Gasteiger partial charge on any atom is -0.443 e. The number of nitrogens with zero attached hydrogens (tertiary/aromatic N) is 6. The van der Waals surface area contributed by atoms with E-state index in [1.165, 1.54) is 22.7 Å². The average molecular weight is 739 g/mol.